The first-order chi connectivity index (χ1) is 13.1. The Morgan fingerprint density at radius 1 is 1.04 bits per heavy atom. The van der Waals surface area contributed by atoms with Gasteiger partial charge in [-0.25, -0.2) is 9.37 Å². The van der Waals surface area contributed by atoms with Crippen LogP contribution in [0.5, 0.6) is 0 Å². The number of rotatable bonds is 4. The van der Waals surface area contributed by atoms with Crippen molar-refractivity contribution in [3.63, 3.8) is 0 Å². The summed E-state index contributed by atoms with van der Waals surface area (Å²) in [7, 11) is 1.82. The normalized spacial score (nSPS) is 12.1. The van der Waals surface area contributed by atoms with E-state index in [0.29, 0.717) is 17.0 Å². The van der Waals surface area contributed by atoms with Crippen molar-refractivity contribution in [2.24, 2.45) is 7.05 Å². The molecule has 0 saturated carbocycles. The van der Waals surface area contributed by atoms with E-state index in [0.717, 1.165) is 10.8 Å². The van der Waals surface area contributed by atoms with Crippen molar-refractivity contribution in [1.29, 1.82) is 0 Å². The Morgan fingerprint density at radius 3 is 2.52 bits per heavy atom. The number of aromatic nitrogens is 2. The van der Waals surface area contributed by atoms with Crippen LogP contribution in [-0.2, 0) is 7.05 Å². The van der Waals surface area contributed by atoms with Gasteiger partial charge in [0, 0.05) is 30.6 Å². The maximum Gasteiger partial charge on any atom is 0.252 e. The molecular formula is C22H18FN3O. The van der Waals surface area contributed by atoms with E-state index in [4.69, 9.17) is 0 Å². The molecule has 1 amide bonds. The fourth-order valence-electron chi connectivity index (χ4n) is 3.19. The molecule has 0 aliphatic heterocycles. The molecule has 0 fully saturated rings. The minimum atomic E-state index is -0.690. The molecule has 1 N–H and O–H groups in total. The average Bonchev–Trinajstić information content (AvgIpc) is 3.12. The number of benzene rings is 3. The lowest BCUT2D eigenvalue weighted by atomic mass is 10.0. The topological polar surface area (TPSA) is 46.9 Å². The SMILES string of the molecule is Cn1ccnc1C(NC(=O)c1ccc2ccccc2c1)c1ccccc1F. The van der Waals surface area contributed by atoms with Gasteiger partial charge < -0.3 is 9.88 Å². The van der Waals surface area contributed by atoms with Crippen molar-refractivity contribution in [2.45, 2.75) is 6.04 Å². The zero-order chi connectivity index (χ0) is 18.8. The van der Waals surface area contributed by atoms with Crippen LogP contribution in [0.15, 0.2) is 79.1 Å². The van der Waals surface area contributed by atoms with Crippen LogP contribution in [0.25, 0.3) is 10.8 Å². The third-order valence-corrected chi connectivity index (χ3v) is 4.62. The number of carbonyl (C=O) groups is 1. The van der Waals surface area contributed by atoms with E-state index in [9.17, 15) is 9.18 Å². The molecule has 4 nitrogen and oxygen atoms in total. The van der Waals surface area contributed by atoms with Crippen molar-refractivity contribution in [3.8, 4) is 0 Å². The molecule has 1 atom stereocenters. The van der Waals surface area contributed by atoms with E-state index >= 15 is 0 Å². The third kappa shape index (κ3) is 3.31. The van der Waals surface area contributed by atoms with Crippen molar-refractivity contribution >= 4 is 16.7 Å². The quantitative estimate of drug-likeness (QED) is 0.593. The second-order valence-corrected chi connectivity index (χ2v) is 6.39. The van der Waals surface area contributed by atoms with E-state index in [1.54, 1.807) is 41.2 Å². The molecule has 1 unspecified atom stereocenters. The van der Waals surface area contributed by atoms with Crippen LogP contribution >= 0.6 is 0 Å². The van der Waals surface area contributed by atoms with Crippen LogP contribution in [0.3, 0.4) is 0 Å². The highest BCUT2D eigenvalue weighted by atomic mass is 19.1. The number of hydrogen-bond donors (Lipinski definition) is 1. The molecule has 5 heteroatoms. The Hall–Kier alpha value is -3.47. The predicted octanol–water partition coefficient (Wildman–Crippen LogP) is 4.23. The van der Waals surface area contributed by atoms with Crippen LogP contribution in [0.4, 0.5) is 4.39 Å². The van der Waals surface area contributed by atoms with Crippen molar-refractivity contribution in [1.82, 2.24) is 14.9 Å². The molecule has 0 aliphatic carbocycles. The van der Waals surface area contributed by atoms with E-state index in [1.807, 2.05) is 43.4 Å². The maximum atomic E-state index is 14.4. The molecule has 1 aromatic heterocycles. The number of aryl methyl sites for hydroxylation is 1. The Labute approximate surface area is 156 Å². The number of halogens is 1. The highest BCUT2D eigenvalue weighted by Crippen LogP contribution is 2.24. The molecule has 0 aliphatic rings. The van der Waals surface area contributed by atoms with Gasteiger partial charge in [-0.3, -0.25) is 4.79 Å². The maximum absolute atomic E-state index is 14.4. The number of nitrogens with one attached hydrogen (secondary N) is 1. The van der Waals surface area contributed by atoms with Gasteiger partial charge in [0.15, 0.2) is 0 Å². The zero-order valence-electron chi connectivity index (χ0n) is 14.8. The second-order valence-electron chi connectivity index (χ2n) is 6.39. The summed E-state index contributed by atoms with van der Waals surface area (Å²) in [5.74, 6) is -0.101. The van der Waals surface area contributed by atoms with Crippen LogP contribution in [0.2, 0.25) is 0 Å². The van der Waals surface area contributed by atoms with E-state index in [-0.39, 0.29) is 11.7 Å². The van der Waals surface area contributed by atoms with Gasteiger partial charge in [0.2, 0.25) is 0 Å². The summed E-state index contributed by atoms with van der Waals surface area (Å²) in [6.45, 7) is 0. The summed E-state index contributed by atoms with van der Waals surface area (Å²) in [5, 5.41) is 4.97. The molecule has 1 heterocycles. The molecule has 0 bridgehead atoms. The number of amides is 1. The third-order valence-electron chi connectivity index (χ3n) is 4.62. The van der Waals surface area contributed by atoms with Gasteiger partial charge in [-0.2, -0.15) is 0 Å². The predicted molar refractivity (Wildman–Crippen MR) is 103 cm³/mol. The zero-order valence-corrected chi connectivity index (χ0v) is 14.8. The van der Waals surface area contributed by atoms with Crippen LogP contribution in [0, 0.1) is 5.82 Å². The molecule has 134 valence electrons. The summed E-state index contributed by atoms with van der Waals surface area (Å²) >= 11 is 0. The fourth-order valence-corrected chi connectivity index (χ4v) is 3.19. The van der Waals surface area contributed by atoms with Crippen molar-refractivity contribution in [3.05, 3.63) is 102 Å². The molecule has 27 heavy (non-hydrogen) atoms. The van der Waals surface area contributed by atoms with Crippen molar-refractivity contribution in [2.75, 3.05) is 0 Å². The number of imidazole rings is 1. The molecule has 4 aromatic rings. The molecule has 3 aromatic carbocycles. The second kappa shape index (κ2) is 7.03. The molecule has 0 saturated heterocycles. The summed E-state index contributed by atoms with van der Waals surface area (Å²) in [6.07, 6.45) is 3.40. The summed E-state index contributed by atoms with van der Waals surface area (Å²) in [6, 6.07) is 19.1. The molecule has 4 rings (SSSR count). The lowest BCUT2D eigenvalue weighted by Crippen LogP contribution is -2.31. The van der Waals surface area contributed by atoms with Crippen LogP contribution < -0.4 is 5.32 Å². The standard InChI is InChI=1S/C22H18FN3O/c1-26-13-12-24-21(26)20(18-8-4-5-9-19(18)23)25-22(27)17-11-10-15-6-2-3-7-16(15)14-17/h2-14,20H,1H3,(H,25,27). The smallest absolute Gasteiger partial charge is 0.252 e. The van der Waals surface area contributed by atoms with Gasteiger partial charge >= 0.3 is 0 Å². The summed E-state index contributed by atoms with van der Waals surface area (Å²) < 4.78 is 16.2. The molecular weight excluding hydrogens is 341 g/mol. The summed E-state index contributed by atoms with van der Waals surface area (Å²) in [4.78, 5) is 17.2. The monoisotopic (exact) mass is 359 g/mol. The van der Waals surface area contributed by atoms with E-state index in [2.05, 4.69) is 10.3 Å². The van der Waals surface area contributed by atoms with Gasteiger partial charge in [-0.05, 0) is 29.0 Å². The minimum Gasteiger partial charge on any atom is -0.338 e. The largest absolute Gasteiger partial charge is 0.338 e. The van der Waals surface area contributed by atoms with Gasteiger partial charge in [-0.1, -0.05) is 48.5 Å². The number of nitrogens with zero attached hydrogens (tertiary/aromatic N) is 2. The average molecular weight is 359 g/mol. The van der Waals surface area contributed by atoms with Crippen LogP contribution in [0.1, 0.15) is 27.8 Å². The first-order valence-electron chi connectivity index (χ1n) is 8.65. The first kappa shape index (κ1) is 17.0. The van der Waals surface area contributed by atoms with E-state index in [1.165, 1.54) is 6.07 Å². The van der Waals surface area contributed by atoms with Gasteiger partial charge in [0.05, 0.1) is 0 Å². The summed E-state index contributed by atoms with van der Waals surface area (Å²) in [5.41, 5.74) is 0.894. The number of fused-ring (bicyclic) bond motifs is 1. The Kier molecular flexibility index (Phi) is 4.42. The number of hydrogen-bond acceptors (Lipinski definition) is 2. The Bertz CT molecular complexity index is 1120. The molecule has 0 spiro atoms. The van der Waals surface area contributed by atoms with Gasteiger partial charge in [0.1, 0.15) is 17.7 Å². The van der Waals surface area contributed by atoms with Gasteiger partial charge in [-0.15, -0.1) is 0 Å². The van der Waals surface area contributed by atoms with E-state index < -0.39 is 6.04 Å². The Balaban J connectivity index is 1.71. The Morgan fingerprint density at radius 2 is 1.78 bits per heavy atom. The van der Waals surface area contributed by atoms with Gasteiger partial charge in [0.25, 0.3) is 5.91 Å². The first-order valence-corrected chi connectivity index (χ1v) is 8.65. The highest BCUT2D eigenvalue weighted by Gasteiger charge is 2.24. The lowest BCUT2D eigenvalue weighted by Gasteiger charge is -2.20. The van der Waals surface area contributed by atoms with Crippen molar-refractivity contribution < 1.29 is 9.18 Å². The highest BCUT2D eigenvalue weighted by molar-refractivity contribution is 5.98. The number of carbonyl (C=O) groups excluding carboxylic acids is 1. The van der Waals surface area contributed by atoms with Crippen LogP contribution in [-0.4, -0.2) is 15.5 Å². The fraction of sp³-hybridized carbons (Fsp3) is 0.0909. The lowest BCUT2D eigenvalue weighted by molar-refractivity contribution is 0.0941. The minimum absolute atomic E-state index is 0.281. The molecule has 0 radical (unpaired) electrons.